The van der Waals surface area contributed by atoms with Crippen molar-refractivity contribution >= 4 is 0 Å². The lowest BCUT2D eigenvalue weighted by atomic mass is 9.60. The second kappa shape index (κ2) is 11.7. The van der Waals surface area contributed by atoms with Gasteiger partial charge in [-0.1, -0.05) is 78.2 Å². The molecule has 2 heteroatoms. The summed E-state index contributed by atoms with van der Waals surface area (Å²) >= 11 is 0. The van der Waals surface area contributed by atoms with Crippen molar-refractivity contribution in [3.05, 3.63) is 35.5 Å². The first kappa shape index (κ1) is 26.7. The van der Waals surface area contributed by atoms with Gasteiger partial charge < -0.3 is 10.2 Å². The molecule has 0 aromatic heterocycles. The molecule has 2 nitrogen and oxygen atoms in total. The molecule has 0 amide bonds. The number of allylic oxidation sites excluding steroid dienone is 4. The fraction of sp³-hybridized carbons (Fsp3) is 0.806. The van der Waals surface area contributed by atoms with Gasteiger partial charge in [0, 0.05) is 6.61 Å². The van der Waals surface area contributed by atoms with Gasteiger partial charge >= 0.3 is 0 Å². The third-order valence-electron chi connectivity index (χ3n) is 9.89. The Kier molecular flexibility index (Phi) is 9.49. The summed E-state index contributed by atoms with van der Waals surface area (Å²) in [5, 5.41) is 20.0. The quantitative estimate of drug-likeness (QED) is 0.370. The predicted octanol–water partition coefficient (Wildman–Crippen LogP) is 7.86. The van der Waals surface area contributed by atoms with E-state index >= 15 is 0 Å². The first-order valence-corrected chi connectivity index (χ1v) is 14.1. The fourth-order valence-corrected chi connectivity index (χ4v) is 7.81. The Bertz CT molecular complexity index is 716. The lowest BCUT2D eigenvalue weighted by molar-refractivity contribution is 0.0651. The van der Waals surface area contributed by atoms with Gasteiger partial charge in [0.05, 0.1) is 6.10 Å². The molecule has 188 valence electrons. The first-order valence-electron chi connectivity index (χ1n) is 14.1. The fourth-order valence-electron chi connectivity index (χ4n) is 7.81. The summed E-state index contributed by atoms with van der Waals surface area (Å²) in [5.41, 5.74) is 4.56. The summed E-state index contributed by atoms with van der Waals surface area (Å²) in [6.45, 7) is 16.6. The van der Waals surface area contributed by atoms with Gasteiger partial charge in [-0.15, -0.1) is 0 Å². The number of hydrogen-bond acceptors (Lipinski definition) is 2. The molecule has 0 aromatic rings. The smallest absolute Gasteiger partial charge is 0.0614 e. The standard InChI is InChI=1S/C31H52O2/c1-21(2)10-7-11-22(3)28-16-17-29-25(12-8-18-31(28,29)6)14-15-26-20-30(33)27(13-9-19-32)24(5)23(26)4/h14-15,21-22,24,27-30,32-33H,4,7-13,16-20H2,1-3,5-6H3/b25-14+,26-15-/t22-,24-,27-,28-,29+,30-,31-/m1/s1. The lowest BCUT2D eigenvalue weighted by Crippen LogP contribution is -2.36. The van der Waals surface area contributed by atoms with Crippen molar-refractivity contribution in [2.75, 3.05) is 6.61 Å². The number of hydrogen-bond donors (Lipinski definition) is 2. The maximum atomic E-state index is 10.8. The van der Waals surface area contributed by atoms with Crippen molar-refractivity contribution in [2.24, 2.45) is 40.9 Å². The van der Waals surface area contributed by atoms with E-state index in [1.54, 1.807) is 5.57 Å². The molecule has 0 aromatic carbocycles. The average Bonchev–Trinajstić information content (AvgIpc) is 3.12. The zero-order valence-electron chi connectivity index (χ0n) is 22.3. The molecule has 3 fully saturated rings. The number of rotatable bonds is 9. The largest absolute Gasteiger partial charge is 0.396 e. The second-order valence-electron chi connectivity index (χ2n) is 12.4. The second-order valence-corrected chi connectivity index (χ2v) is 12.4. The van der Waals surface area contributed by atoms with E-state index in [1.807, 2.05) is 0 Å². The minimum Gasteiger partial charge on any atom is -0.396 e. The third-order valence-corrected chi connectivity index (χ3v) is 9.89. The Morgan fingerprint density at radius 3 is 2.58 bits per heavy atom. The third kappa shape index (κ3) is 6.04. The van der Waals surface area contributed by atoms with Crippen LogP contribution < -0.4 is 0 Å². The summed E-state index contributed by atoms with van der Waals surface area (Å²) in [6.07, 6.45) is 17.6. The van der Waals surface area contributed by atoms with Crippen LogP contribution >= 0.6 is 0 Å². The predicted molar refractivity (Wildman–Crippen MR) is 141 cm³/mol. The monoisotopic (exact) mass is 456 g/mol. The van der Waals surface area contributed by atoms with E-state index < -0.39 is 0 Å². The van der Waals surface area contributed by atoms with E-state index in [0.29, 0.717) is 11.8 Å². The molecule has 2 N–H and O–H groups in total. The highest BCUT2D eigenvalue weighted by Gasteiger charge is 2.50. The van der Waals surface area contributed by atoms with Crippen LogP contribution in [0.1, 0.15) is 105 Å². The van der Waals surface area contributed by atoms with Crippen LogP contribution in [0.5, 0.6) is 0 Å². The van der Waals surface area contributed by atoms with Gasteiger partial charge in [0.1, 0.15) is 0 Å². The van der Waals surface area contributed by atoms with Crippen molar-refractivity contribution < 1.29 is 10.2 Å². The van der Waals surface area contributed by atoms with Crippen LogP contribution in [0.15, 0.2) is 35.5 Å². The molecule has 3 aliphatic carbocycles. The van der Waals surface area contributed by atoms with E-state index in [4.69, 9.17) is 0 Å². The Morgan fingerprint density at radius 1 is 1.12 bits per heavy atom. The number of aliphatic hydroxyl groups excluding tert-OH is 2. The number of aliphatic hydroxyl groups is 2. The molecule has 0 radical (unpaired) electrons. The van der Waals surface area contributed by atoms with Crippen LogP contribution in [0.2, 0.25) is 0 Å². The van der Waals surface area contributed by atoms with Crippen LogP contribution in [-0.2, 0) is 0 Å². The van der Waals surface area contributed by atoms with Crippen LogP contribution in [0.4, 0.5) is 0 Å². The molecular weight excluding hydrogens is 404 g/mol. The summed E-state index contributed by atoms with van der Waals surface area (Å²) < 4.78 is 0. The van der Waals surface area contributed by atoms with Gasteiger partial charge in [-0.05, 0) is 103 Å². The SMILES string of the molecule is C=C1/C(=C\C=C2/CCC[C@]3(C)[C@@H]([C@H](C)CCCC(C)C)CC[C@@H]23)C[C@@H](O)[C@H](CCCO)[C@@H]1C. The summed E-state index contributed by atoms with van der Waals surface area (Å²) in [5.74, 6) is 3.76. The molecule has 0 heterocycles. The lowest BCUT2D eigenvalue weighted by Gasteiger charge is -2.44. The summed E-state index contributed by atoms with van der Waals surface area (Å²) in [7, 11) is 0. The summed E-state index contributed by atoms with van der Waals surface area (Å²) in [4.78, 5) is 0. The maximum absolute atomic E-state index is 10.8. The highest BCUT2D eigenvalue weighted by molar-refractivity contribution is 5.38. The van der Waals surface area contributed by atoms with Gasteiger partial charge in [0.25, 0.3) is 0 Å². The van der Waals surface area contributed by atoms with Crippen LogP contribution in [0.3, 0.4) is 0 Å². The highest BCUT2D eigenvalue weighted by Crippen LogP contribution is 2.60. The molecule has 3 aliphatic rings. The maximum Gasteiger partial charge on any atom is 0.0614 e. The topological polar surface area (TPSA) is 40.5 Å². The van der Waals surface area contributed by atoms with Crippen LogP contribution in [0, 0.1) is 40.9 Å². The van der Waals surface area contributed by atoms with Crippen molar-refractivity contribution in [2.45, 2.75) is 111 Å². The Morgan fingerprint density at radius 2 is 1.88 bits per heavy atom. The zero-order chi connectivity index (χ0) is 24.2. The van der Waals surface area contributed by atoms with Gasteiger partial charge in [0.2, 0.25) is 0 Å². The molecule has 0 unspecified atom stereocenters. The molecule has 7 atom stereocenters. The van der Waals surface area contributed by atoms with E-state index in [-0.39, 0.29) is 24.5 Å². The van der Waals surface area contributed by atoms with Crippen molar-refractivity contribution in [1.82, 2.24) is 0 Å². The van der Waals surface area contributed by atoms with Crippen molar-refractivity contribution in [1.29, 1.82) is 0 Å². The van der Waals surface area contributed by atoms with Crippen molar-refractivity contribution in [3.8, 4) is 0 Å². The van der Waals surface area contributed by atoms with Gasteiger partial charge in [-0.2, -0.15) is 0 Å². The zero-order valence-corrected chi connectivity index (χ0v) is 22.3. The van der Waals surface area contributed by atoms with Gasteiger partial charge in [-0.25, -0.2) is 0 Å². The molecule has 0 spiro atoms. The Balaban J connectivity index is 1.70. The van der Waals surface area contributed by atoms with Gasteiger partial charge in [0.15, 0.2) is 0 Å². The molecule has 0 bridgehead atoms. The minimum absolute atomic E-state index is 0.203. The van der Waals surface area contributed by atoms with Gasteiger partial charge in [-0.3, -0.25) is 0 Å². The van der Waals surface area contributed by atoms with E-state index in [1.165, 1.54) is 62.5 Å². The van der Waals surface area contributed by atoms with E-state index in [9.17, 15) is 10.2 Å². The highest BCUT2D eigenvalue weighted by atomic mass is 16.3. The summed E-state index contributed by atoms with van der Waals surface area (Å²) in [6, 6.07) is 0. The molecule has 0 saturated heterocycles. The number of fused-ring (bicyclic) bond motifs is 1. The minimum atomic E-state index is -0.319. The molecular formula is C31H52O2. The first-order chi connectivity index (χ1) is 15.7. The molecule has 33 heavy (non-hydrogen) atoms. The molecule has 3 saturated carbocycles. The molecule has 3 rings (SSSR count). The van der Waals surface area contributed by atoms with Crippen LogP contribution in [0.25, 0.3) is 0 Å². The van der Waals surface area contributed by atoms with Crippen molar-refractivity contribution in [3.63, 3.8) is 0 Å². The average molecular weight is 457 g/mol. The Hall–Kier alpha value is -0.860. The van der Waals surface area contributed by atoms with Crippen LogP contribution in [-0.4, -0.2) is 22.9 Å². The van der Waals surface area contributed by atoms with E-state index in [2.05, 4.69) is 53.3 Å². The van der Waals surface area contributed by atoms with E-state index in [0.717, 1.165) is 36.5 Å². The normalized spacial score (nSPS) is 38.3. The Labute approximate surface area is 204 Å². The molecule has 0 aliphatic heterocycles.